The molecular formula is C20H18N4O5. The van der Waals surface area contributed by atoms with E-state index in [2.05, 4.69) is 15.5 Å². The van der Waals surface area contributed by atoms with Crippen LogP contribution in [0.4, 0.5) is 5.69 Å². The molecule has 0 saturated carbocycles. The molecular weight excluding hydrogens is 376 g/mol. The Balaban J connectivity index is 1.48. The van der Waals surface area contributed by atoms with Gasteiger partial charge in [-0.15, -0.1) is 10.2 Å². The van der Waals surface area contributed by atoms with Crippen LogP contribution in [-0.2, 0) is 0 Å². The number of carbonyl (C=O) groups is 1. The molecule has 0 radical (unpaired) electrons. The van der Waals surface area contributed by atoms with Gasteiger partial charge in [0, 0.05) is 29.3 Å². The van der Waals surface area contributed by atoms with Crippen molar-refractivity contribution in [1.29, 1.82) is 0 Å². The number of methoxy groups -OCH3 is 1. The van der Waals surface area contributed by atoms with Gasteiger partial charge in [0.1, 0.15) is 12.4 Å². The van der Waals surface area contributed by atoms with Crippen molar-refractivity contribution < 1.29 is 19.2 Å². The highest BCUT2D eigenvalue weighted by atomic mass is 16.6. The van der Waals surface area contributed by atoms with Crippen LogP contribution in [0.5, 0.6) is 11.6 Å². The maximum Gasteiger partial charge on any atom is 0.270 e. The number of benzene rings is 2. The van der Waals surface area contributed by atoms with Gasteiger partial charge in [-0.1, -0.05) is 6.07 Å². The molecule has 1 N–H and O–H groups in total. The average molecular weight is 394 g/mol. The van der Waals surface area contributed by atoms with E-state index in [0.29, 0.717) is 11.6 Å². The summed E-state index contributed by atoms with van der Waals surface area (Å²) in [6.45, 7) is 0.390. The molecule has 0 aliphatic carbocycles. The van der Waals surface area contributed by atoms with E-state index >= 15 is 0 Å². The summed E-state index contributed by atoms with van der Waals surface area (Å²) in [6.07, 6.45) is 0. The predicted molar refractivity (Wildman–Crippen MR) is 105 cm³/mol. The van der Waals surface area contributed by atoms with E-state index in [0.717, 1.165) is 11.3 Å². The summed E-state index contributed by atoms with van der Waals surface area (Å²) in [4.78, 5) is 22.3. The second-order valence-electron chi connectivity index (χ2n) is 5.90. The monoisotopic (exact) mass is 394 g/mol. The predicted octanol–water partition coefficient (Wildman–Crippen LogP) is 2.87. The van der Waals surface area contributed by atoms with E-state index in [1.54, 1.807) is 19.2 Å². The van der Waals surface area contributed by atoms with Crippen LogP contribution in [-0.4, -0.2) is 41.3 Å². The van der Waals surface area contributed by atoms with Gasteiger partial charge in [-0.05, 0) is 36.4 Å². The number of non-ortho nitro benzene ring substituents is 1. The lowest BCUT2D eigenvalue weighted by molar-refractivity contribution is -0.384. The average Bonchev–Trinajstić information content (AvgIpc) is 2.77. The van der Waals surface area contributed by atoms with E-state index in [-0.39, 0.29) is 24.4 Å². The number of nitro benzene ring substituents is 1. The van der Waals surface area contributed by atoms with Gasteiger partial charge < -0.3 is 14.8 Å². The van der Waals surface area contributed by atoms with Crippen molar-refractivity contribution in [2.45, 2.75) is 0 Å². The van der Waals surface area contributed by atoms with Crippen LogP contribution in [0.1, 0.15) is 10.4 Å². The van der Waals surface area contributed by atoms with Crippen molar-refractivity contribution in [3.63, 3.8) is 0 Å². The molecule has 148 valence electrons. The first-order valence-electron chi connectivity index (χ1n) is 8.70. The first-order valence-corrected chi connectivity index (χ1v) is 8.70. The van der Waals surface area contributed by atoms with Gasteiger partial charge >= 0.3 is 0 Å². The summed E-state index contributed by atoms with van der Waals surface area (Å²) in [6, 6.07) is 16.4. The van der Waals surface area contributed by atoms with Gasteiger partial charge in [-0.2, -0.15) is 0 Å². The largest absolute Gasteiger partial charge is 0.497 e. The molecule has 29 heavy (non-hydrogen) atoms. The maximum atomic E-state index is 12.1. The van der Waals surface area contributed by atoms with E-state index < -0.39 is 10.8 Å². The Kier molecular flexibility index (Phi) is 6.31. The fourth-order valence-corrected chi connectivity index (χ4v) is 2.50. The third-order valence-electron chi connectivity index (χ3n) is 3.98. The Labute approximate surface area is 166 Å². The molecule has 9 heteroatoms. The second-order valence-corrected chi connectivity index (χ2v) is 5.90. The molecule has 1 amide bonds. The first-order chi connectivity index (χ1) is 14.1. The normalized spacial score (nSPS) is 10.2. The van der Waals surface area contributed by atoms with Crippen molar-refractivity contribution in [3.05, 3.63) is 76.3 Å². The number of nitrogens with zero attached hydrogens (tertiary/aromatic N) is 3. The SMILES string of the molecule is COc1ccc(-c2ccc(OCCNC(=O)c3cccc([N+](=O)[O-])c3)nn2)cc1. The van der Waals surface area contributed by atoms with Gasteiger partial charge in [0.05, 0.1) is 24.3 Å². The third kappa shape index (κ3) is 5.25. The first kappa shape index (κ1) is 19.7. The van der Waals surface area contributed by atoms with Gasteiger partial charge in [-0.3, -0.25) is 14.9 Å². The molecule has 0 saturated heterocycles. The van der Waals surface area contributed by atoms with Crippen molar-refractivity contribution >= 4 is 11.6 Å². The third-order valence-corrected chi connectivity index (χ3v) is 3.98. The molecule has 9 nitrogen and oxygen atoms in total. The molecule has 0 aliphatic heterocycles. The van der Waals surface area contributed by atoms with Crippen LogP contribution in [0.25, 0.3) is 11.3 Å². The molecule has 2 aromatic carbocycles. The van der Waals surface area contributed by atoms with Crippen molar-refractivity contribution in [2.24, 2.45) is 0 Å². The number of hydrogen-bond donors (Lipinski definition) is 1. The fraction of sp³-hybridized carbons (Fsp3) is 0.150. The summed E-state index contributed by atoms with van der Waals surface area (Å²) in [5.41, 5.74) is 1.66. The van der Waals surface area contributed by atoms with Crippen LogP contribution in [0.2, 0.25) is 0 Å². The molecule has 0 aliphatic rings. The van der Waals surface area contributed by atoms with Gasteiger partial charge in [-0.25, -0.2) is 0 Å². The maximum absolute atomic E-state index is 12.1. The van der Waals surface area contributed by atoms with E-state index in [9.17, 15) is 14.9 Å². The van der Waals surface area contributed by atoms with Gasteiger partial charge in [0.2, 0.25) is 5.88 Å². The molecule has 3 aromatic rings. The van der Waals surface area contributed by atoms with Crippen LogP contribution in [0.3, 0.4) is 0 Å². The Bertz CT molecular complexity index is 991. The molecule has 0 atom stereocenters. The highest BCUT2D eigenvalue weighted by molar-refractivity contribution is 5.94. The lowest BCUT2D eigenvalue weighted by Crippen LogP contribution is -2.28. The quantitative estimate of drug-likeness (QED) is 0.355. The zero-order valence-electron chi connectivity index (χ0n) is 15.6. The number of carbonyl (C=O) groups excluding carboxylic acids is 1. The summed E-state index contributed by atoms with van der Waals surface area (Å²) in [5.74, 6) is 0.666. The van der Waals surface area contributed by atoms with Crippen molar-refractivity contribution in [1.82, 2.24) is 15.5 Å². The van der Waals surface area contributed by atoms with Crippen molar-refractivity contribution in [3.8, 4) is 22.9 Å². The molecule has 1 heterocycles. The summed E-state index contributed by atoms with van der Waals surface area (Å²) in [5, 5.41) is 21.5. The number of rotatable bonds is 8. The van der Waals surface area contributed by atoms with E-state index in [1.165, 1.54) is 24.3 Å². The van der Waals surface area contributed by atoms with Crippen LogP contribution in [0, 0.1) is 10.1 Å². The molecule has 0 bridgehead atoms. The number of hydrogen-bond acceptors (Lipinski definition) is 7. The van der Waals surface area contributed by atoms with Crippen LogP contribution >= 0.6 is 0 Å². The van der Waals surface area contributed by atoms with E-state index in [1.807, 2.05) is 24.3 Å². The standard InChI is InChI=1S/C20H18N4O5/c1-28-17-7-5-14(6-8-17)18-9-10-19(23-22-18)29-12-11-21-20(25)15-3-2-4-16(13-15)24(26)27/h2-10,13H,11-12H2,1H3,(H,21,25). The van der Waals surface area contributed by atoms with E-state index in [4.69, 9.17) is 9.47 Å². The highest BCUT2D eigenvalue weighted by Gasteiger charge is 2.11. The number of nitrogens with one attached hydrogen (secondary N) is 1. The molecule has 1 aromatic heterocycles. The zero-order chi connectivity index (χ0) is 20.6. The zero-order valence-corrected chi connectivity index (χ0v) is 15.6. The summed E-state index contributed by atoms with van der Waals surface area (Å²) >= 11 is 0. The minimum absolute atomic E-state index is 0.138. The minimum atomic E-state index is -0.547. The van der Waals surface area contributed by atoms with Crippen molar-refractivity contribution in [2.75, 3.05) is 20.3 Å². The highest BCUT2D eigenvalue weighted by Crippen LogP contribution is 2.21. The van der Waals surface area contributed by atoms with Gasteiger partial charge in [0.15, 0.2) is 0 Å². The Hall–Kier alpha value is -4.01. The summed E-state index contributed by atoms with van der Waals surface area (Å²) in [7, 11) is 1.60. The summed E-state index contributed by atoms with van der Waals surface area (Å²) < 4.78 is 10.6. The number of nitro groups is 1. The fourth-order valence-electron chi connectivity index (χ4n) is 2.50. The number of aromatic nitrogens is 2. The van der Waals surface area contributed by atoms with Crippen LogP contribution in [0.15, 0.2) is 60.7 Å². The number of amides is 1. The lowest BCUT2D eigenvalue weighted by atomic mass is 10.1. The van der Waals surface area contributed by atoms with Crippen LogP contribution < -0.4 is 14.8 Å². The smallest absolute Gasteiger partial charge is 0.270 e. The molecule has 3 rings (SSSR count). The Morgan fingerprint density at radius 1 is 1.10 bits per heavy atom. The molecule has 0 fully saturated rings. The Morgan fingerprint density at radius 3 is 2.55 bits per heavy atom. The number of ether oxygens (including phenoxy) is 2. The lowest BCUT2D eigenvalue weighted by Gasteiger charge is -2.07. The topological polar surface area (TPSA) is 116 Å². The second kappa shape index (κ2) is 9.27. The minimum Gasteiger partial charge on any atom is -0.497 e. The molecule has 0 spiro atoms. The Morgan fingerprint density at radius 2 is 1.90 bits per heavy atom. The van der Waals surface area contributed by atoms with Gasteiger partial charge in [0.25, 0.3) is 11.6 Å². The molecule has 0 unspecified atom stereocenters.